The third-order valence-electron chi connectivity index (χ3n) is 4.29. The lowest BCUT2D eigenvalue weighted by atomic mass is 9.90. The molecule has 15 heavy (non-hydrogen) atoms. The van der Waals surface area contributed by atoms with Gasteiger partial charge >= 0.3 is 0 Å². The number of rotatable bonds is 2. The summed E-state index contributed by atoms with van der Waals surface area (Å²) in [7, 11) is 0. The van der Waals surface area contributed by atoms with Crippen molar-refractivity contribution in [3.63, 3.8) is 0 Å². The smallest absolute Gasteiger partial charge is 0.0223 e. The highest BCUT2D eigenvalue weighted by Crippen LogP contribution is 2.24. The molecule has 2 aliphatic rings. The van der Waals surface area contributed by atoms with Crippen LogP contribution in [0.25, 0.3) is 0 Å². The van der Waals surface area contributed by atoms with Gasteiger partial charge in [0, 0.05) is 12.6 Å². The van der Waals surface area contributed by atoms with Gasteiger partial charge in [0.25, 0.3) is 0 Å². The van der Waals surface area contributed by atoms with Crippen LogP contribution in [0.1, 0.15) is 39.5 Å². The van der Waals surface area contributed by atoms with Crippen LogP contribution in [-0.4, -0.2) is 37.1 Å². The fraction of sp³-hybridized carbons (Fsp3) is 1.00. The van der Waals surface area contributed by atoms with Crippen LogP contribution in [0.4, 0.5) is 0 Å². The predicted octanol–water partition coefficient (Wildman–Crippen LogP) is 2.11. The molecular formula is C13H26N2. The molecule has 2 fully saturated rings. The highest BCUT2D eigenvalue weighted by Gasteiger charge is 2.27. The van der Waals surface area contributed by atoms with Crippen molar-refractivity contribution < 1.29 is 0 Å². The molecule has 0 amide bonds. The minimum atomic E-state index is 0.826. The van der Waals surface area contributed by atoms with E-state index in [1.807, 2.05) is 0 Å². The Balaban J connectivity index is 1.79. The second kappa shape index (κ2) is 5.31. The fourth-order valence-corrected chi connectivity index (χ4v) is 3.13. The van der Waals surface area contributed by atoms with E-state index in [1.54, 1.807) is 0 Å². The molecule has 0 saturated carbocycles. The van der Waals surface area contributed by atoms with E-state index in [1.165, 1.54) is 51.9 Å². The first kappa shape index (κ1) is 11.4. The summed E-state index contributed by atoms with van der Waals surface area (Å²) in [5.41, 5.74) is 0. The van der Waals surface area contributed by atoms with Gasteiger partial charge in [-0.3, -0.25) is 4.90 Å². The molecule has 2 atom stereocenters. The van der Waals surface area contributed by atoms with E-state index < -0.39 is 0 Å². The normalized spacial score (nSPS) is 35.6. The highest BCUT2D eigenvalue weighted by molar-refractivity contribution is 4.84. The van der Waals surface area contributed by atoms with Gasteiger partial charge in [-0.05, 0) is 50.7 Å². The number of nitrogens with one attached hydrogen (secondary N) is 1. The maximum Gasteiger partial charge on any atom is 0.0223 e. The predicted molar refractivity (Wildman–Crippen MR) is 65.0 cm³/mol. The SMILES string of the molecule is CCC1CCN(C2CNCC(C)C2)CC1. The van der Waals surface area contributed by atoms with Crippen LogP contribution in [0.3, 0.4) is 0 Å². The zero-order valence-corrected chi connectivity index (χ0v) is 10.3. The van der Waals surface area contributed by atoms with Gasteiger partial charge in [-0.2, -0.15) is 0 Å². The van der Waals surface area contributed by atoms with E-state index in [4.69, 9.17) is 0 Å². The first-order valence-electron chi connectivity index (χ1n) is 6.74. The zero-order valence-electron chi connectivity index (χ0n) is 10.3. The summed E-state index contributed by atoms with van der Waals surface area (Å²) < 4.78 is 0. The van der Waals surface area contributed by atoms with Gasteiger partial charge in [-0.1, -0.05) is 20.3 Å². The molecule has 2 saturated heterocycles. The largest absolute Gasteiger partial charge is 0.315 e. The van der Waals surface area contributed by atoms with E-state index in [2.05, 4.69) is 24.1 Å². The minimum absolute atomic E-state index is 0.826. The molecule has 2 heterocycles. The fourth-order valence-electron chi connectivity index (χ4n) is 3.13. The lowest BCUT2D eigenvalue weighted by Crippen LogP contribution is -2.50. The molecule has 0 aromatic heterocycles. The quantitative estimate of drug-likeness (QED) is 0.751. The van der Waals surface area contributed by atoms with Gasteiger partial charge < -0.3 is 5.32 Å². The van der Waals surface area contributed by atoms with E-state index in [-0.39, 0.29) is 0 Å². The average Bonchev–Trinajstić information content (AvgIpc) is 2.29. The highest BCUT2D eigenvalue weighted by atomic mass is 15.2. The maximum atomic E-state index is 3.57. The Kier molecular flexibility index (Phi) is 4.04. The number of likely N-dealkylation sites (tertiary alicyclic amines) is 1. The Hall–Kier alpha value is -0.0800. The van der Waals surface area contributed by atoms with Gasteiger partial charge in [0.1, 0.15) is 0 Å². The van der Waals surface area contributed by atoms with Crippen LogP contribution in [0.5, 0.6) is 0 Å². The second-order valence-corrected chi connectivity index (χ2v) is 5.54. The Morgan fingerprint density at radius 3 is 2.53 bits per heavy atom. The summed E-state index contributed by atoms with van der Waals surface area (Å²) in [6, 6.07) is 0.826. The van der Waals surface area contributed by atoms with Gasteiger partial charge in [0.2, 0.25) is 0 Å². The molecule has 0 bridgehead atoms. The van der Waals surface area contributed by atoms with Crippen LogP contribution in [-0.2, 0) is 0 Å². The average molecular weight is 210 g/mol. The van der Waals surface area contributed by atoms with Crippen molar-refractivity contribution >= 4 is 0 Å². The van der Waals surface area contributed by atoms with Gasteiger partial charge in [0.05, 0.1) is 0 Å². The van der Waals surface area contributed by atoms with Crippen molar-refractivity contribution in [2.24, 2.45) is 11.8 Å². The molecule has 2 heteroatoms. The summed E-state index contributed by atoms with van der Waals surface area (Å²) in [6.45, 7) is 9.85. The van der Waals surface area contributed by atoms with E-state index >= 15 is 0 Å². The molecule has 0 aromatic rings. The van der Waals surface area contributed by atoms with Crippen LogP contribution in [0, 0.1) is 11.8 Å². The third-order valence-corrected chi connectivity index (χ3v) is 4.29. The Morgan fingerprint density at radius 1 is 1.20 bits per heavy atom. The number of hydrogen-bond donors (Lipinski definition) is 1. The first-order valence-corrected chi connectivity index (χ1v) is 6.74. The molecule has 0 aliphatic carbocycles. The van der Waals surface area contributed by atoms with Crippen molar-refractivity contribution in [1.29, 1.82) is 0 Å². The van der Waals surface area contributed by atoms with E-state index in [0.717, 1.165) is 17.9 Å². The van der Waals surface area contributed by atoms with Crippen LogP contribution < -0.4 is 5.32 Å². The van der Waals surface area contributed by atoms with Crippen molar-refractivity contribution in [3.8, 4) is 0 Å². The monoisotopic (exact) mass is 210 g/mol. The standard InChI is InChI=1S/C13H26N2/c1-3-12-4-6-15(7-5-12)13-8-11(2)9-14-10-13/h11-14H,3-10H2,1-2H3. The lowest BCUT2D eigenvalue weighted by Gasteiger charge is -2.40. The summed E-state index contributed by atoms with van der Waals surface area (Å²) >= 11 is 0. The van der Waals surface area contributed by atoms with E-state index in [0.29, 0.717) is 0 Å². The maximum absolute atomic E-state index is 3.57. The molecular weight excluding hydrogens is 184 g/mol. The molecule has 88 valence electrons. The molecule has 0 spiro atoms. The summed E-state index contributed by atoms with van der Waals surface area (Å²) in [5, 5.41) is 3.57. The van der Waals surface area contributed by atoms with Gasteiger partial charge in [-0.15, -0.1) is 0 Å². The van der Waals surface area contributed by atoms with Crippen molar-refractivity contribution in [2.75, 3.05) is 26.2 Å². The van der Waals surface area contributed by atoms with Crippen LogP contribution >= 0.6 is 0 Å². The summed E-state index contributed by atoms with van der Waals surface area (Å²) in [5.74, 6) is 1.88. The third kappa shape index (κ3) is 2.94. The van der Waals surface area contributed by atoms with Crippen molar-refractivity contribution in [2.45, 2.75) is 45.6 Å². The molecule has 0 radical (unpaired) electrons. The minimum Gasteiger partial charge on any atom is -0.315 e. The topological polar surface area (TPSA) is 15.3 Å². The van der Waals surface area contributed by atoms with Gasteiger partial charge in [-0.25, -0.2) is 0 Å². The Bertz CT molecular complexity index is 185. The Labute approximate surface area is 94.4 Å². The Morgan fingerprint density at radius 2 is 1.93 bits per heavy atom. The zero-order chi connectivity index (χ0) is 10.7. The molecule has 2 aliphatic heterocycles. The van der Waals surface area contributed by atoms with Crippen LogP contribution in [0.15, 0.2) is 0 Å². The number of hydrogen-bond acceptors (Lipinski definition) is 2. The van der Waals surface area contributed by atoms with Crippen LogP contribution in [0.2, 0.25) is 0 Å². The second-order valence-electron chi connectivity index (χ2n) is 5.54. The molecule has 2 rings (SSSR count). The molecule has 1 N–H and O–H groups in total. The summed E-state index contributed by atoms with van der Waals surface area (Å²) in [4.78, 5) is 2.73. The van der Waals surface area contributed by atoms with Crippen molar-refractivity contribution in [3.05, 3.63) is 0 Å². The van der Waals surface area contributed by atoms with E-state index in [9.17, 15) is 0 Å². The summed E-state index contributed by atoms with van der Waals surface area (Å²) in [6.07, 6.45) is 5.65. The van der Waals surface area contributed by atoms with Crippen molar-refractivity contribution in [1.82, 2.24) is 10.2 Å². The van der Waals surface area contributed by atoms with Gasteiger partial charge in [0.15, 0.2) is 0 Å². The first-order chi connectivity index (χ1) is 7.29. The lowest BCUT2D eigenvalue weighted by molar-refractivity contribution is 0.1000. The number of nitrogens with zero attached hydrogens (tertiary/aromatic N) is 1. The molecule has 2 nitrogen and oxygen atoms in total. The molecule has 0 aromatic carbocycles. The number of piperidine rings is 2. The molecule has 2 unspecified atom stereocenters.